The lowest BCUT2D eigenvalue weighted by Crippen LogP contribution is -2.22. The molecule has 0 saturated carbocycles. The van der Waals surface area contributed by atoms with Crippen LogP contribution in [0.15, 0.2) is 29.4 Å². The van der Waals surface area contributed by atoms with Crippen LogP contribution in [-0.2, 0) is 9.53 Å². The maximum atomic E-state index is 12.5. The van der Waals surface area contributed by atoms with Gasteiger partial charge in [-0.2, -0.15) is 18.3 Å². The molecule has 1 aromatic rings. The monoisotopic (exact) mass is 300 g/mol. The van der Waals surface area contributed by atoms with Crippen molar-refractivity contribution >= 4 is 23.3 Å². The predicted octanol–water partition coefficient (Wildman–Crippen LogP) is 2.52. The number of halogens is 3. The number of nitrogens with zero attached hydrogens (tertiary/aromatic N) is 2. The van der Waals surface area contributed by atoms with E-state index in [-0.39, 0.29) is 17.9 Å². The van der Waals surface area contributed by atoms with Crippen molar-refractivity contribution in [3.05, 3.63) is 29.8 Å². The highest BCUT2D eigenvalue weighted by Crippen LogP contribution is 2.28. The maximum Gasteiger partial charge on any atom is 0.431 e. The Morgan fingerprint density at radius 3 is 2.71 bits per heavy atom. The van der Waals surface area contributed by atoms with E-state index in [2.05, 4.69) is 5.10 Å². The van der Waals surface area contributed by atoms with Gasteiger partial charge in [0, 0.05) is 0 Å². The summed E-state index contributed by atoms with van der Waals surface area (Å²) in [6.45, 7) is 1.80. The number of hydrazone groups is 1. The van der Waals surface area contributed by atoms with Crippen molar-refractivity contribution in [2.45, 2.75) is 19.5 Å². The van der Waals surface area contributed by atoms with Gasteiger partial charge in [-0.25, -0.2) is 9.80 Å². The molecular formula is C13H11F3N2O3. The lowest BCUT2D eigenvalue weighted by molar-refractivity contribution is -0.117. The fraction of sp³-hybridized carbons (Fsp3) is 0.308. The van der Waals surface area contributed by atoms with E-state index in [1.54, 1.807) is 6.92 Å². The van der Waals surface area contributed by atoms with E-state index in [1.165, 1.54) is 24.3 Å². The van der Waals surface area contributed by atoms with Crippen LogP contribution in [0.2, 0.25) is 0 Å². The summed E-state index contributed by atoms with van der Waals surface area (Å²) in [4.78, 5) is 23.2. The van der Waals surface area contributed by atoms with Crippen LogP contribution in [0.3, 0.4) is 0 Å². The van der Waals surface area contributed by atoms with Crippen molar-refractivity contribution in [3.8, 4) is 0 Å². The van der Waals surface area contributed by atoms with E-state index in [9.17, 15) is 22.8 Å². The Hall–Kier alpha value is -2.38. The molecule has 1 aromatic carbocycles. The molecule has 0 N–H and O–H groups in total. The number of alkyl halides is 3. The van der Waals surface area contributed by atoms with Crippen molar-refractivity contribution in [1.29, 1.82) is 0 Å². The Bertz CT molecular complexity index is 611. The van der Waals surface area contributed by atoms with Crippen LogP contribution in [0.1, 0.15) is 23.7 Å². The number of esters is 1. The van der Waals surface area contributed by atoms with Gasteiger partial charge < -0.3 is 4.74 Å². The van der Waals surface area contributed by atoms with Crippen molar-refractivity contribution < 1.29 is 27.5 Å². The van der Waals surface area contributed by atoms with Gasteiger partial charge in [0.2, 0.25) is 0 Å². The number of carbonyl (C=O) groups is 2. The van der Waals surface area contributed by atoms with E-state index >= 15 is 0 Å². The van der Waals surface area contributed by atoms with Crippen LogP contribution in [0.5, 0.6) is 0 Å². The maximum absolute atomic E-state index is 12.5. The predicted molar refractivity (Wildman–Crippen MR) is 68.0 cm³/mol. The molecule has 0 unspecified atom stereocenters. The molecule has 1 aliphatic rings. The second-order valence-corrected chi connectivity index (χ2v) is 4.20. The zero-order valence-electron chi connectivity index (χ0n) is 11.0. The molecule has 1 heterocycles. The minimum atomic E-state index is -4.65. The molecular weight excluding hydrogens is 289 g/mol. The number of amides is 1. The van der Waals surface area contributed by atoms with Gasteiger partial charge in [-0.3, -0.25) is 4.79 Å². The third-order valence-electron chi connectivity index (χ3n) is 2.70. The molecule has 0 spiro atoms. The van der Waals surface area contributed by atoms with Crippen LogP contribution in [0.25, 0.3) is 0 Å². The molecule has 5 nitrogen and oxygen atoms in total. The third-order valence-corrected chi connectivity index (χ3v) is 2.70. The summed E-state index contributed by atoms with van der Waals surface area (Å²) in [5.41, 5.74) is -0.934. The lowest BCUT2D eigenvalue weighted by Gasteiger charge is -2.12. The standard InChI is InChI=1S/C13H11F3N2O3/c1-2-21-12(20)8-4-3-5-9(6-8)18-11(19)7-10(17-18)13(14,15)16/h3-6H,2,7H2,1H3. The molecule has 0 fully saturated rings. The van der Waals surface area contributed by atoms with Crippen LogP contribution < -0.4 is 5.01 Å². The molecule has 0 saturated heterocycles. The second kappa shape index (κ2) is 5.55. The lowest BCUT2D eigenvalue weighted by atomic mass is 10.2. The smallest absolute Gasteiger partial charge is 0.431 e. The summed E-state index contributed by atoms with van der Waals surface area (Å²) < 4.78 is 42.4. The molecule has 8 heteroatoms. The first-order valence-corrected chi connectivity index (χ1v) is 6.07. The molecule has 0 radical (unpaired) electrons. The van der Waals surface area contributed by atoms with Crippen molar-refractivity contribution in [2.24, 2.45) is 5.10 Å². The zero-order chi connectivity index (χ0) is 15.6. The summed E-state index contributed by atoms with van der Waals surface area (Å²) in [7, 11) is 0. The molecule has 21 heavy (non-hydrogen) atoms. The molecule has 0 atom stereocenters. The average molecular weight is 300 g/mol. The summed E-state index contributed by atoms with van der Waals surface area (Å²) in [6, 6.07) is 5.54. The second-order valence-electron chi connectivity index (χ2n) is 4.20. The molecule has 1 aliphatic heterocycles. The van der Waals surface area contributed by atoms with Crippen LogP contribution in [0.4, 0.5) is 18.9 Å². The van der Waals surface area contributed by atoms with Crippen LogP contribution >= 0.6 is 0 Å². The molecule has 1 amide bonds. The van der Waals surface area contributed by atoms with Crippen LogP contribution in [0, 0.1) is 0 Å². The number of anilines is 1. The molecule has 112 valence electrons. The van der Waals surface area contributed by atoms with E-state index in [0.717, 1.165) is 0 Å². The van der Waals surface area contributed by atoms with Crippen molar-refractivity contribution in [3.63, 3.8) is 0 Å². The normalized spacial score (nSPS) is 15.1. The largest absolute Gasteiger partial charge is 0.462 e. The number of hydrogen-bond donors (Lipinski definition) is 0. The number of carbonyl (C=O) groups excluding carboxylic acids is 2. The van der Waals surface area contributed by atoms with Gasteiger partial charge in [0.25, 0.3) is 5.91 Å². The number of rotatable bonds is 3. The molecule has 0 bridgehead atoms. The number of ether oxygens (including phenoxy) is 1. The third kappa shape index (κ3) is 3.21. The number of hydrogen-bond acceptors (Lipinski definition) is 4. The first-order chi connectivity index (χ1) is 9.82. The van der Waals surface area contributed by atoms with Crippen LogP contribution in [-0.4, -0.2) is 30.4 Å². The fourth-order valence-corrected chi connectivity index (χ4v) is 1.77. The Balaban J connectivity index is 2.30. The Labute approximate surface area is 118 Å². The minimum absolute atomic E-state index is 0.0878. The van der Waals surface area contributed by atoms with E-state index in [0.29, 0.717) is 5.01 Å². The fourth-order valence-electron chi connectivity index (χ4n) is 1.77. The quantitative estimate of drug-likeness (QED) is 0.806. The summed E-state index contributed by atoms with van der Waals surface area (Å²) >= 11 is 0. The Morgan fingerprint density at radius 1 is 1.43 bits per heavy atom. The van der Waals surface area contributed by atoms with Crippen molar-refractivity contribution in [2.75, 3.05) is 11.6 Å². The summed E-state index contributed by atoms with van der Waals surface area (Å²) in [5.74, 6) is -1.42. The zero-order valence-corrected chi connectivity index (χ0v) is 11.0. The Kier molecular flexibility index (Phi) is 3.97. The topological polar surface area (TPSA) is 59.0 Å². The minimum Gasteiger partial charge on any atom is -0.462 e. The molecule has 2 rings (SSSR count). The number of benzene rings is 1. The van der Waals surface area contributed by atoms with Gasteiger partial charge in [0.15, 0.2) is 5.71 Å². The van der Waals surface area contributed by atoms with Crippen molar-refractivity contribution in [1.82, 2.24) is 0 Å². The highest BCUT2D eigenvalue weighted by molar-refractivity contribution is 6.15. The Morgan fingerprint density at radius 2 is 2.14 bits per heavy atom. The SMILES string of the molecule is CCOC(=O)c1cccc(N2N=C(C(F)(F)F)CC2=O)c1. The van der Waals surface area contributed by atoms with Gasteiger partial charge in [-0.15, -0.1) is 0 Å². The highest BCUT2D eigenvalue weighted by Gasteiger charge is 2.42. The summed E-state index contributed by atoms with van der Waals surface area (Å²) in [6.07, 6.45) is -5.46. The van der Waals surface area contributed by atoms with Gasteiger partial charge in [0.05, 0.1) is 24.3 Å². The van der Waals surface area contributed by atoms with Gasteiger partial charge >= 0.3 is 12.1 Å². The first kappa shape index (κ1) is 15.0. The first-order valence-electron chi connectivity index (χ1n) is 6.07. The molecule has 0 aromatic heterocycles. The van der Waals surface area contributed by atoms with E-state index < -0.39 is 30.2 Å². The summed E-state index contributed by atoms with van der Waals surface area (Å²) in [5, 5.41) is 3.92. The van der Waals surface area contributed by atoms with Gasteiger partial charge in [-0.1, -0.05) is 6.07 Å². The highest BCUT2D eigenvalue weighted by atomic mass is 19.4. The van der Waals surface area contributed by atoms with E-state index in [4.69, 9.17) is 4.74 Å². The van der Waals surface area contributed by atoms with Gasteiger partial charge in [0.1, 0.15) is 0 Å². The molecule has 0 aliphatic carbocycles. The average Bonchev–Trinajstić information content (AvgIpc) is 2.81. The van der Waals surface area contributed by atoms with E-state index in [1.807, 2.05) is 0 Å². The van der Waals surface area contributed by atoms with Gasteiger partial charge in [-0.05, 0) is 25.1 Å².